The van der Waals surface area contributed by atoms with Gasteiger partial charge in [-0.05, 0) is 35.9 Å². The van der Waals surface area contributed by atoms with Crippen LogP contribution in [0.5, 0.6) is 11.5 Å². The van der Waals surface area contributed by atoms with Crippen molar-refractivity contribution in [2.45, 2.75) is 6.61 Å². The Morgan fingerprint density at radius 2 is 1.92 bits per heavy atom. The highest BCUT2D eigenvalue weighted by Crippen LogP contribution is 2.28. The van der Waals surface area contributed by atoms with Crippen LogP contribution in [0, 0.1) is 0 Å². The first kappa shape index (κ1) is 18.8. The lowest BCUT2D eigenvalue weighted by molar-refractivity contribution is 0.0561. The highest BCUT2D eigenvalue weighted by molar-refractivity contribution is 5.86. The van der Waals surface area contributed by atoms with Crippen molar-refractivity contribution in [2.75, 3.05) is 21.3 Å². The molecule has 9 heteroatoms. The monoisotopic (exact) mass is 362 g/mol. The summed E-state index contributed by atoms with van der Waals surface area (Å²) in [6, 6.07) is 8.22. The van der Waals surface area contributed by atoms with Gasteiger partial charge in [-0.15, -0.1) is 0 Å². The fourth-order valence-corrected chi connectivity index (χ4v) is 1.90. The number of hydrogen-bond donors (Lipinski definition) is 1. The zero-order valence-electron chi connectivity index (χ0n) is 14.5. The summed E-state index contributed by atoms with van der Waals surface area (Å²) >= 11 is 0. The van der Waals surface area contributed by atoms with Gasteiger partial charge in [0.05, 0.1) is 27.5 Å². The molecule has 1 amide bonds. The van der Waals surface area contributed by atoms with E-state index >= 15 is 0 Å². The van der Waals surface area contributed by atoms with Crippen molar-refractivity contribution in [1.82, 2.24) is 5.43 Å². The first-order valence-electron chi connectivity index (χ1n) is 7.42. The van der Waals surface area contributed by atoms with E-state index in [1.165, 1.54) is 33.6 Å². The zero-order chi connectivity index (χ0) is 18.9. The second-order valence-electron chi connectivity index (χ2n) is 4.82. The highest BCUT2D eigenvalue weighted by atomic mass is 16.5. The number of carbonyl (C=O) groups excluding carboxylic acids is 2. The molecule has 1 N–H and O–H groups in total. The van der Waals surface area contributed by atoms with Crippen LogP contribution in [-0.2, 0) is 16.1 Å². The van der Waals surface area contributed by atoms with Gasteiger partial charge in [-0.1, -0.05) is 0 Å². The predicted octanol–water partition coefficient (Wildman–Crippen LogP) is 2.34. The van der Waals surface area contributed by atoms with Crippen LogP contribution in [0.3, 0.4) is 0 Å². The third-order valence-corrected chi connectivity index (χ3v) is 3.16. The van der Waals surface area contributed by atoms with Crippen LogP contribution in [-0.4, -0.2) is 39.6 Å². The molecule has 0 unspecified atom stereocenters. The maximum Gasteiger partial charge on any atom is 0.427 e. The van der Waals surface area contributed by atoms with Gasteiger partial charge in [-0.2, -0.15) is 5.10 Å². The Hall–Kier alpha value is -3.49. The maximum absolute atomic E-state index is 11.4. The molecule has 2 rings (SSSR count). The Bertz CT molecular complexity index is 798. The standard InChI is InChI=1S/C17H18N2O7/c1-22-15-8-11(9-18-19-17(21)24-3)4-6-13(15)25-10-12-5-7-14(26-12)16(20)23-2/h4-9H,10H2,1-3H3,(H,19,21)/b18-9-. The summed E-state index contributed by atoms with van der Waals surface area (Å²) in [7, 11) is 4.02. The Kier molecular flexibility index (Phi) is 6.60. The van der Waals surface area contributed by atoms with Gasteiger partial charge < -0.3 is 23.4 Å². The molecule has 138 valence electrons. The van der Waals surface area contributed by atoms with Gasteiger partial charge in [-0.3, -0.25) is 0 Å². The zero-order valence-corrected chi connectivity index (χ0v) is 14.5. The van der Waals surface area contributed by atoms with Crippen LogP contribution in [0.15, 0.2) is 39.9 Å². The van der Waals surface area contributed by atoms with Crippen molar-refractivity contribution in [1.29, 1.82) is 0 Å². The summed E-state index contributed by atoms with van der Waals surface area (Å²) in [4.78, 5) is 22.3. The molecular formula is C17H18N2O7. The number of furan rings is 1. The fourth-order valence-electron chi connectivity index (χ4n) is 1.90. The van der Waals surface area contributed by atoms with Crippen molar-refractivity contribution in [3.63, 3.8) is 0 Å². The van der Waals surface area contributed by atoms with E-state index in [9.17, 15) is 9.59 Å². The second-order valence-corrected chi connectivity index (χ2v) is 4.82. The van der Waals surface area contributed by atoms with E-state index < -0.39 is 12.1 Å². The summed E-state index contributed by atoms with van der Waals surface area (Å²) < 4.78 is 25.2. The smallest absolute Gasteiger partial charge is 0.427 e. The summed E-state index contributed by atoms with van der Waals surface area (Å²) in [5.41, 5.74) is 2.86. The summed E-state index contributed by atoms with van der Waals surface area (Å²) in [6.45, 7) is 0.102. The summed E-state index contributed by atoms with van der Waals surface area (Å²) in [5, 5.41) is 3.73. The first-order valence-corrected chi connectivity index (χ1v) is 7.42. The molecule has 1 aromatic heterocycles. The molecule has 2 aromatic rings. The van der Waals surface area contributed by atoms with Crippen molar-refractivity contribution in [3.8, 4) is 11.5 Å². The van der Waals surface area contributed by atoms with Crippen molar-refractivity contribution in [2.24, 2.45) is 5.10 Å². The number of amides is 1. The molecule has 1 heterocycles. The van der Waals surface area contributed by atoms with Crippen LogP contribution in [0.1, 0.15) is 21.9 Å². The lowest BCUT2D eigenvalue weighted by Gasteiger charge is -2.10. The molecule has 0 bridgehead atoms. The molecule has 0 saturated carbocycles. The number of nitrogens with one attached hydrogen (secondary N) is 1. The Morgan fingerprint density at radius 1 is 1.12 bits per heavy atom. The number of hydrazone groups is 1. The Morgan fingerprint density at radius 3 is 2.62 bits per heavy atom. The summed E-state index contributed by atoms with van der Waals surface area (Å²) in [6.07, 6.45) is 0.760. The highest BCUT2D eigenvalue weighted by Gasteiger charge is 2.12. The Labute approximate surface area is 149 Å². The average molecular weight is 362 g/mol. The minimum atomic E-state index is -0.669. The van der Waals surface area contributed by atoms with Gasteiger partial charge in [0.25, 0.3) is 0 Å². The van der Waals surface area contributed by atoms with Crippen LogP contribution >= 0.6 is 0 Å². The third-order valence-electron chi connectivity index (χ3n) is 3.16. The van der Waals surface area contributed by atoms with E-state index in [1.807, 2.05) is 0 Å². The minimum absolute atomic E-state index is 0.0998. The number of benzene rings is 1. The molecule has 26 heavy (non-hydrogen) atoms. The molecule has 0 radical (unpaired) electrons. The molecule has 1 aromatic carbocycles. The molecule has 0 saturated heterocycles. The lowest BCUT2D eigenvalue weighted by Crippen LogP contribution is -2.16. The quantitative estimate of drug-likeness (QED) is 0.457. The van der Waals surface area contributed by atoms with Crippen LogP contribution < -0.4 is 14.9 Å². The molecule has 0 fully saturated rings. The van der Waals surface area contributed by atoms with Crippen LogP contribution in [0.25, 0.3) is 0 Å². The topological polar surface area (TPSA) is 109 Å². The average Bonchev–Trinajstić information content (AvgIpc) is 3.14. The molecule has 0 atom stereocenters. The SMILES string of the molecule is COC(=O)N/N=C\c1ccc(OCc2ccc(C(=O)OC)o2)c(OC)c1. The van der Waals surface area contributed by atoms with Gasteiger partial charge >= 0.3 is 12.1 Å². The third kappa shape index (κ3) is 5.00. The summed E-state index contributed by atoms with van der Waals surface area (Å²) in [5.74, 6) is 0.939. The van der Waals surface area contributed by atoms with E-state index in [2.05, 4.69) is 20.0 Å². The van der Waals surface area contributed by atoms with E-state index in [4.69, 9.17) is 13.9 Å². The van der Waals surface area contributed by atoms with Crippen LogP contribution in [0.4, 0.5) is 4.79 Å². The van der Waals surface area contributed by atoms with E-state index in [-0.39, 0.29) is 12.4 Å². The van der Waals surface area contributed by atoms with Gasteiger partial charge in [0, 0.05) is 0 Å². The predicted molar refractivity (Wildman–Crippen MR) is 90.5 cm³/mol. The normalized spacial score (nSPS) is 10.4. The molecule has 0 aliphatic heterocycles. The number of esters is 1. The molecule has 0 spiro atoms. The van der Waals surface area contributed by atoms with Crippen molar-refractivity contribution in [3.05, 3.63) is 47.4 Å². The molecular weight excluding hydrogens is 344 g/mol. The van der Waals surface area contributed by atoms with Gasteiger partial charge in [0.1, 0.15) is 12.4 Å². The number of hydrogen-bond acceptors (Lipinski definition) is 8. The van der Waals surface area contributed by atoms with Gasteiger partial charge in [0.15, 0.2) is 11.5 Å². The number of carbonyl (C=O) groups is 2. The number of ether oxygens (including phenoxy) is 4. The first-order chi connectivity index (χ1) is 12.6. The van der Waals surface area contributed by atoms with Crippen LogP contribution in [0.2, 0.25) is 0 Å². The largest absolute Gasteiger partial charge is 0.493 e. The lowest BCUT2D eigenvalue weighted by atomic mass is 10.2. The maximum atomic E-state index is 11.4. The Balaban J connectivity index is 2.02. The second kappa shape index (κ2) is 9.11. The van der Waals surface area contributed by atoms with Gasteiger partial charge in [0.2, 0.25) is 5.76 Å². The van der Waals surface area contributed by atoms with E-state index in [0.717, 1.165) is 0 Å². The van der Waals surface area contributed by atoms with Crippen molar-refractivity contribution >= 4 is 18.3 Å². The number of methoxy groups -OCH3 is 3. The van der Waals surface area contributed by atoms with Crippen molar-refractivity contribution < 1.29 is 33.0 Å². The van der Waals surface area contributed by atoms with E-state index in [0.29, 0.717) is 22.8 Å². The number of rotatable bonds is 7. The minimum Gasteiger partial charge on any atom is -0.493 e. The number of nitrogens with zero attached hydrogens (tertiary/aromatic N) is 1. The molecule has 0 aliphatic rings. The fraction of sp³-hybridized carbons (Fsp3) is 0.235. The molecule has 9 nitrogen and oxygen atoms in total. The van der Waals surface area contributed by atoms with Gasteiger partial charge in [-0.25, -0.2) is 15.0 Å². The van der Waals surface area contributed by atoms with E-state index in [1.54, 1.807) is 24.3 Å². The molecule has 0 aliphatic carbocycles.